The first-order valence-electron chi connectivity index (χ1n) is 6.08. The van der Waals surface area contributed by atoms with Crippen LogP contribution in [0.3, 0.4) is 0 Å². The smallest absolute Gasteiger partial charge is 0.124 e. The van der Waals surface area contributed by atoms with Gasteiger partial charge in [0.05, 0.1) is 4.88 Å². The summed E-state index contributed by atoms with van der Waals surface area (Å²) in [4.78, 5) is 2.83. The summed E-state index contributed by atoms with van der Waals surface area (Å²) in [5.41, 5.74) is 9.66. The minimum atomic E-state index is 0.770. The van der Waals surface area contributed by atoms with Crippen molar-refractivity contribution in [3.8, 4) is 10.6 Å². The second-order valence-corrected chi connectivity index (χ2v) is 5.89. The van der Waals surface area contributed by atoms with E-state index in [1.54, 1.807) is 9.56 Å². The van der Waals surface area contributed by atoms with Crippen molar-refractivity contribution in [2.24, 2.45) is 7.05 Å². The van der Waals surface area contributed by atoms with Gasteiger partial charge in [-0.3, -0.25) is 4.68 Å². The van der Waals surface area contributed by atoms with Gasteiger partial charge >= 0.3 is 0 Å². The second-order valence-electron chi connectivity index (χ2n) is 4.75. The molecule has 0 amide bonds. The molecule has 2 heterocycles. The van der Waals surface area contributed by atoms with Crippen LogP contribution in [0.5, 0.6) is 0 Å². The fraction of sp³-hybridized carbons (Fsp3) is 0.462. The van der Waals surface area contributed by atoms with E-state index >= 15 is 0 Å². The molecule has 0 aliphatic heterocycles. The summed E-state index contributed by atoms with van der Waals surface area (Å²) in [6.07, 6.45) is 5.12. The van der Waals surface area contributed by atoms with Crippen LogP contribution in [-0.2, 0) is 19.9 Å². The molecule has 0 saturated carbocycles. The molecule has 3 nitrogen and oxygen atoms in total. The van der Waals surface area contributed by atoms with Crippen molar-refractivity contribution in [2.45, 2.75) is 32.6 Å². The molecule has 0 saturated heterocycles. The van der Waals surface area contributed by atoms with E-state index in [2.05, 4.69) is 18.1 Å². The predicted octanol–water partition coefficient (Wildman–Crippen LogP) is 2.92. The number of aromatic nitrogens is 2. The van der Waals surface area contributed by atoms with Crippen LogP contribution in [0.15, 0.2) is 6.07 Å². The third-order valence-corrected chi connectivity index (χ3v) is 4.81. The Morgan fingerprint density at radius 1 is 1.35 bits per heavy atom. The van der Waals surface area contributed by atoms with Gasteiger partial charge in [-0.2, -0.15) is 5.10 Å². The summed E-state index contributed by atoms with van der Waals surface area (Å²) in [6, 6.07) is 2.31. The molecule has 0 fully saturated rings. The van der Waals surface area contributed by atoms with Gasteiger partial charge in [0.25, 0.3) is 0 Å². The first kappa shape index (κ1) is 10.8. The normalized spacial score (nSPS) is 14.9. The minimum Gasteiger partial charge on any atom is -0.384 e. The SMILES string of the molecule is Cc1c(-c2cc3c(s2)CCCC3)nn(C)c1N. The summed E-state index contributed by atoms with van der Waals surface area (Å²) in [7, 11) is 1.90. The van der Waals surface area contributed by atoms with Crippen molar-refractivity contribution in [3.05, 3.63) is 22.1 Å². The highest BCUT2D eigenvalue weighted by Crippen LogP contribution is 2.37. The number of anilines is 1. The van der Waals surface area contributed by atoms with Crippen molar-refractivity contribution in [1.82, 2.24) is 9.78 Å². The van der Waals surface area contributed by atoms with Crippen LogP contribution in [-0.4, -0.2) is 9.78 Å². The van der Waals surface area contributed by atoms with E-state index in [0.717, 1.165) is 17.1 Å². The zero-order chi connectivity index (χ0) is 12.0. The predicted molar refractivity (Wildman–Crippen MR) is 72.3 cm³/mol. The molecule has 17 heavy (non-hydrogen) atoms. The Morgan fingerprint density at radius 2 is 2.12 bits per heavy atom. The molecular weight excluding hydrogens is 230 g/mol. The van der Waals surface area contributed by atoms with E-state index in [4.69, 9.17) is 5.73 Å². The standard InChI is InChI=1S/C13H17N3S/c1-8-12(15-16(2)13(8)14)11-7-9-5-3-4-6-10(9)17-11/h7H,3-6,14H2,1-2H3. The number of hydrogen-bond acceptors (Lipinski definition) is 3. The van der Waals surface area contributed by atoms with Crippen LogP contribution in [0.2, 0.25) is 0 Å². The third-order valence-electron chi connectivity index (χ3n) is 3.57. The Morgan fingerprint density at radius 3 is 2.76 bits per heavy atom. The molecule has 0 bridgehead atoms. The summed E-state index contributed by atoms with van der Waals surface area (Å²) in [5.74, 6) is 0.770. The van der Waals surface area contributed by atoms with Gasteiger partial charge in [0.1, 0.15) is 11.5 Å². The van der Waals surface area contributed by atoms with E-state index in [0.29, 0.717) is 0 Å². The van der Waals surface area contributed by atoms with Crippen LogP contribution in [0.4, 0.5) is 5.82 Å². The first-order chi connectivity index (χ1) is 8.16. The molecule has 3 rings (SSSR count). The van der Waals surface area contributed by atoms with Crippen molar-refractivity contribution < 1.29 is 0 Å². The maximum Gasteiger partial charge on any atom is 0.124 e. The average molecular weight is 247 g/mol. The van der Waals surface area contributed by atoms with E-state index < -0.39 is 0 Å². The molecule has 0 spiro atoms. The molecule has 2 aromatic rings. The minimum absolute atomic E-state index is 0.770. The number of rotatable bonds is 1. The fourth-order valence-electron chi connectivity index (χ4n) is 2.48. The van der Waals surface area contributed by atoms with E-state index in [9.17, 15) is 0 Å². The Hall–Kier alpha value is -1.29. The number of nitrogen functional groups attached to an aromatic ring is 1. The number of hydrogen-bond donors (Lipinski definition) is 1. The van der Waals surface area contributed by atoms with Crippen LogP contribution < -0.4 is 5.73 Å². The lowest BCUT2D eigenvalue weighted by molar-refractivity contribution is 0.697. The number of thiophene rings is 1. The molecular formula is C13H17N3S. The Labute approximate surface area is 105 Å². The van der Waals surface area contributed by atoms with Crippen LogP contribution in [0.1, 0.15) is 28.8 Å². The van der Waals surface area contributed by atoms with Crippen molar-refractivity contribution in [3.63, 3.8) is 0 Å². The molecule has 90 valence electrons. The van der Waals surface area contributed by atoms with Crippen molar-refractivity contribution >= 4 is 17.2 Å². The van der Waals surface area contributed by atoms with E-state index in [1.165, 1.54) is 36.1 Å². The number of nitrogens with two attached hydrogens (primary N) is 1. The summed E-state index contributed by atoms with van der Waals surface area (Å²) in [6.45, 7) is 2.05. The van der Waals surface area contributed by atoms with Crippen molar-refractivity contribution in [1.29, 1.82) is 0 Å². The van der Waals surface area contributed by atoms with Crippen molar-refractivity contribution in [2.75, 3.05) is 5.73 Å². The second kappa shape index (κ2) is 3.88. The average Bonchev–Trinajstić information content (AvgIpc) is 2.86. The number of nitrogens with zero attached hydrogens (tertiary/aromatic N) is 2. The van der Waals surface area contributed by atoms with Gasteiger partial charge in [0.2, 0.25) is 0 Å². The van der Waals surface area contributed by atoms with Gasteiger partial charge in [-0.25, -0.2) is 0 Å². The van der Waals surface area contributed by atoms with Crippen LogP contribution in [0, 0.1) is 6.92 Å². The summed E-state index contributed by atoms with van der Waals surface area (Å²) < 4.78 is 1.77. The molecule has 0 radical (unpaired) electrons. The maximum atomic E-state index is 5.97. The van der Waals surface area contributed by atoms with Gasteiger partial charge in [0, 0.05) is 17.5 Å². The third kappa shape index (κ3) is 1.67. The highest BCUT2D eigenvalue weighted by atomic mass is 32.1. The Bertz CT molecular complexity index is 542. The van der Waals surface area contributed by atoms with E-state index in [-0.39, 0.29) is 0 Å². The fourth-order valence-corrected chi connectivity index (χ4v) is 3.78. The summed E-state index contributed by atoms with van der Waals surface area (Å²) >= 11 is 1.89. The molecule has 0 aromatic carbocycles. The molecule has 1 aliphatic rings. The van der Waals surface area contributed by atoms with E-state index in [1.807, 2.05) is 18.4 Å². The number of fused-ring (bicyclic) bond motifs is 1. The molecule has 1 aliphatic carbocycles. The first-order valence-corrected chi connectivity index (χ1v) is 6.89. The van der Waals surface area contributed by atoms with Gasteiger partial charge in [-0.1, -0.05) is 0 Å². The molecule has 0 unspecified atom stereocenters. The lowest BCUT2D eigenvalue weighted by Crippen LogP contribution is -1.97. The lowest BCUT2D eigenvalue weighted by atomic mass is 9.99. The Kier molecular flexibility index (Phi) is 2.47. The molecule has 2 N–H and O–H groups in total. The van der Waals surface area contributed by atoms with Crippen LogP contribution >= 0.6 is 11.3 Å². The lowest BCUT2D eigenvalue weighted by Gasteiger charge is -2.08. The zero-order valence-electron chi connectivity index (χ0n) is 10.3. The monoisotopic (exact) mass is 247 g/mol. The van der Waals surface area contributed by atoms with Gasteiger partial charge in [-0.05, 0) is 44.2 Å². The van der Waals surface area contributed by atoms with Gasteiger partial charge in [-0.15, -0.1) is 11.3 Å². The number of aryl methyl sites for hydroxylation is 3. The maximum absolute atomic E-state index is 5.97. The topological polar surface area (TPSA) is 43.8 Å². The molecule has 2 aromatic heterocycles. The largest absolute Gasteiger partial charge is 0.384 e. The van der Waals surface area contributed by atoms with Gasteiger partial charge < -0.3 is 5.73 Å². The zero-order valence-corrected chi connectivity index (χ0v) is 11.1. The molecule has 4 heteroatoms. The highest BCUT2D eigenvalue weighted by molar-refractivity contribution is 7.15. The van der Waals surface area contributed by atoms with Crippen LogP contribution in [0.25, 0.3) is 10.6 Å². The van der Waals surface area contributed by atoms with Gasteiger partial charge in [0.15, 0.2) is 0 Å². The highest BCUT2D eigenvalue weighted by Gasteiger charge is 2.18. The quantitative estimate of drug-likeness (QED) is 0.842. The summed E-state index contributed by atoms with van der Waals surface area (Å²) in [5, 5.41) is 4.53. The molecule has 0 atom stereocenters. The Balaban J connectivity index is 2.09.